The average molecular weight is 270 g/mol. The van der Waals surface area contributed by atoms with Crippen molar-refractivity contribution in [2.24, 2.45) is 5.92 Å². The number of aromatic nitrogens is 2. The Labute approximate surface area is 115 Å². The fraction of sp³-hybridized carbons (Fsp3) is 0.714. The summed E-state index contributed by atoms with van der Waals surface area (Å²) in [6.07, 6.45) is 2.35. The third-order valence-electron chi connectivity index (χ3n) is 2.80. The second-order valence-corrected chi connectivity index (χ2v) is 5.99. The molecule has 18 heavy (non-hydrogen) atoms. The standard InChI is InChI=1S/C14H24ClN3/c1-9(2)6-7-11(5)16-13-8-12(15)17-14(18-13)10(3)4/h8-11H,6-7H2,1-5H3,(H,16,17,18). The lowest BCUT2D eigenvalue weighted by molar-refractivity contribution is 0.527. The lowest BCUT2D eigenvalue weighted by atomic mass is 10.0. The Balaban J connectivity index is 2.66. The highest BCUT2D eigenvalue weighted by Gasteiger charge is 2.09. The number of nitrogens with zero attached hydrogens (tertiary/aromatic N) is 2. The van der Waals surface area contributed by atoms with Crippen LogP contribution in [0.5, 0.6) is 0 Å². The van der Waals surface area contributed by atoms with Gasteiger partial charge in [-0.25, -0.2) is 9.97 Å². The molecule has 0 spiro atoms. The van der Waals surface area contributed by atoms with Gasteiger partial charge in [-0.2, -0.15) is 0 Å². The number of rotatable bonds is 6. The first kappa shape index (κ1) is 15.2. The van der Waals surface area contributed by atoms with Crippen LogP contribution in [0.3, 0.4) is 0 Å². The molecular formula is C14H24ClN3. The Morgan fingerprint density at radius 3 is 2.33 bits per heavy atom. The Hall–Kier alpha value is -0.830. The molecule has 1 heterocycles. The number of halogens is 1. The van der Waals surface area contributed by atoms with Gasteiger partial charge in [-0.3, -0.25) is 0 Å². The van der Waals surface area contributed by atoms with E-state index in [2.05, 4.69) is 49.9 Å². The summed E-state index contributed by atoms with van der Waals surface area (Å²) in [5.41, 5.74) is 0. The third kappa shape index (κ3) is 5.21. The number of anilines is 1. The lowest BCUT2D eigenvalue weighted by Crippen LogP contribution is -2.17. The minimum atomic E-state index is 0.287. The van der Waals surface area contributed by atoms with Crippen LogP contribution in [0.2, 0.25) is 5.15 Å². The fourth-order valence-corrected chi connectivity index (χ4v) is 1.87. The summed E-state index contributed by atoms with van der Waals surface area (Å²) in [6.45, 7) is 10.8. The second kappa shape index (κ2) is 6.93. The average Bonchev–Trinajstić information content (AvgIpc) is 2.25. The summed E-state index contributed by atoms with van der Waals surface area (Å²) in [7, 11) is 0. The Morgan fingerprint density at radius 2 is 1.78 bits per heavy atom. The van der Waals surface area contributed by atoms with Crippen LogP contribution in [0.25, 0.3) is 0 Å². The van der Waals surface area contributed by atoms with Crippen molar-refractivity contribution in [3.8, 4) is 0 Å². The zero-order chi connectivity index (χ0) is 13.7. The van der Waals surface area contributed by atoms with E-state index in [1.54, 1.807) is 6.07 Å². The normalized spacial score (nSPS) is 13.1. The number of hydrogen-bond acceptors (Lipinski definition) is 3. The summed E-state index contributed by atoms with van der Waals surface area (Å²) < 4.78 is 0. The van der Waals surface area contributed by atoms with Crippen molar-refractivity contribution < 1.29 is 0 Å². The molecular weight excluding hydrogens is 246 g/mol. The van der Waals surface area contributed by atoms with Gasteiger partial charge in [0.15, 0.2) is 0 Å². The first-order chi connectivity index (χ1) is 8.38. The van der Waals surface area contributed by atoms with Gasteiger partial charge in [-0.1, -0.05) is 39.3 Å². The third-order valence-corrected chi connectivity index (χ3v) is 2.99. The highest BCUT2D eigenvalue weighted by atomic mass is 35.5. The van der Waals surface area contributed by atoms with Crippen molar-refractivity contribution in [3.05, 3.63) is 17.0 Å². The summed E-state index contributed by atoms with van der Waals surface area (Å²) in [4.78, 5) is 8.72. The van der Waals surface area contributed by atoms with Crippen LogP contribution in [-0.4, -0.2) is 16.0 Å². The first-order valence-corrected chi connectivity index (χ1v) is 7.07. The zero-order valence-corrected chi connectivity index (χ0v) is 12.8. The highest BCUT2D eigenvalue weighted by molar-refractivity contribution is 6.29. The van der Waals surface area contributed by atoms with Crippen LogP contribution in [0.15, 0.2) is 6.07 Å². The van der Waals surface area contributed by atoms with Gasteiger partial charge in [-0.15, -0.1) is 0 Å². The molecule has 0 aliphatic heterocycles. The minimum absolute atomic E-state index is 0.287. The van der Waals surface area contributed by atoms with Crippen LogP contribution in [0, 0.1) is 5.92 Å². The van der Waals surface area contributed by atoms with Crippen molar-refractivity contribution in [2.75, 3.05) is 5.32 Å². The molecule has 102 valence electrons. The number of hydrogen-bond donors (Lipinski definition) is 1. The van der Waals surface area contributed by atoms with E-state index in [0.29, 0.717) is 11.2 Å². The molecule has 0 bridgehead atoms. The molecule has 0 amide bonds. The number of nitrogens with one attached hydrogen (secondary N) is 1. The highest BCUT2D eigenvalue weighted by Crippen LogP contribution is 2.18. The Morgan fingerprint density at radius 1 is 1.11 bits per heavy atom. The Bertz CT molecular complexity index is 377. The van der Waals surface area contributed by atoms with Gasteiger partial charge in [0, 0.05) is 18.0 Å². The molecule has 0 saturated carbocycles. The van der Waals surface area contributed by atoms with Gasteiger partial charge < -0.3 is 5.32 Å². The maximum Gasteiger partial charge on any atom is 0.135 e. The van der Waals surface area contributed by atoms with Gasteiger partial charge in [0.1, 0.15) is 16.8 Å². The van der Waals surface area contributed by atoms with E-state index in [-0.39, 0.29) is 5.92 Å². The monoisotopic (exact) mass is 269 g/mol. The molecule has 0 aromatic carbocycles. The van der Waals surface area contributed by atoms with Crippen molar-refractivity contribution >= 4 is 17.4 Å². The molecule has 1 N–H and O–H groups in total. The van der Waals surface area contributed by atoms with Crippen molar-refractivity contribution in [3.63, 3.8) is 0 Å². The smallest absolute Gasteiger partial charge is 0.135 e. The van der Waals surface area contributed by atoms with Gasteiger partial charge in [0.2, 0.25) is 0 Å². The predicted octanol–water partition coefficient (Wildman–Crippen LogP) is 4.49. The van der Waals surface area contributed by atoms with Crippen LogP contribution in [0.1, 0.15) is 59.2 Å². The van der Waals surface area contributed by atoms with E-state index in [9.17, 15) is 0 Å². The maximum absolute atomic E-state index is 6.01. The van der Waals surface area contributed by atoms with E-state index in [0.717, 1.165) is 24.0 Å². The molecule has 1 rings (SSSR count). The van der Waals surface area contributed by atoms with Crippen LogP contribution in [0.4, 0.5) is 5.82 Å². The fourth-order valence-electron chi connectivity index (χ4n) is 1.68. The quantitative estimate of drug-likeness (QED) is 0.773. The van der Waals surface area contributed by atoms with Gasteiger partial charge >= 0.3 is 0 Å². The van der Waals surface area contributed by atoms with E-state index < -0.39 is 0 Å². The molecule has 4 heteroatoms. The molecule has 1 unspecified atom stereocenters. The zero-order valence-electron chi connectivity index (χ0n) is 12.0. The van der Waals surface area contributed by atoms with Crippen molar-refractivity contribution in [1.82, 2.24) is 9.97 Å². The second-order valence-electron chi connectivity index (χ2n) is 5.61. The molecule has 1 aromatic heterocycles. The maximum atomic E-state index is 6.01. The molecule has 0 radical (unpaired) electrons. The first-order valence-electron chi connectivity index (χ1n) is 6.69. The molecule has 0 fully saturated rings. The predicted molar refractivity (Wildman–Crippen MR) is 78.3 cm³/mol. The summed E-state index contributed by atoms with van der Waals surface area (Å²) in [5.74, 6) is 2.64. The largest absolute Gasteiger partial charge is 0.367 e. The van der Waals surface area contributed by atoms with Crippen molar-refractivity contribution in [1.29, 1.82) is 0 Å². The van der Waals surface area contributed by atoms with Crippen LogP contribution >= 0.6 is 11.6 Å². The van der Waals surface area contributed by atoms with Crippen LogP contribution < -0.4 is 5.32 Å². The summed E-state index contributed by atoms with van der Waals surface area (Å²) in [6, 6.07) is 2.19. The summed E-state index contributed by atoms with van der Waals surface area (Å²) in [5, 5.41) is 3.90. The molecule has 0 saturated heterocycles. The summed E-state index contributed by atoms with van der Waals surface area (Å²) >= 11 is 6.01. The van der Waals surface area contributed by atoms with Gasteiger partial charge in [0.05, 0.1) is 0 Å². The van der Waals surface area contributed by atoms with E-state index >= 15 is 0 Å². The molecule has 3 nitrogen and oxygen atoms in total. The van der Waals surface area contributed by atoms with Crippen LogP contribution in [-0.2, 0) is 0 Å². The molecule has 1 atom stereocenters. The van der Waals surface area contributed by atoms with Gasteiger partial charge in [-0.05, 0) is 25.7 Å². The SMILES string of the molecule is CC(C)CCC(C)Nc1cc(Cl)nc(C(C)C)n1. The lowest BCUT2D eigenvalue weighted by Gasteiger charge is -2.16. The molecule has 0 aliphatic rings. The van der Waals surface area contributed by atoms with Crippen molar-refractivity contribution in [2.45, 2.75) is 59.4 Å². The molecule has 1 aromatic rings. The minimum Gasteiger partial charge on any atom is -0.367 e. The van der Waals surface area contributed by atoms with E-state index in [4.69, 9.17) is 11.6 Å². The Kier molecular flexibility index (Phi) is 5.86. The van der Waals surface area contributed by atoms with E-state index in [1.807, 2.05) is 0 Å². The molecule has 0 aliphatic carbocycles. The van der Waals surface area contributed by atoms with Gasteiger partial charge in [0.25, 0.3) is 0 Å². The topological polar surface area (TPSA) is 37.8 Å². The van der Waals surface area contributed by atoms with E-state index in [1.165, 1.54) is 6.42 Å².